The predicted octanol–water partition coefficient (Wildman–Crippen LogP) is 7.03. The van der Waals surface area contributed by atoms with Crippen LogP contribution in [0.2, 0.25) is 0 Å². The van der Waals surface area contributed by atoms with E-state index in [0.29, 0.717) is 50.1 Å². The highest BCUT2D eigenvalue weighted by Gasteiger charge is 2.45. The molecule has 1 unspecified atom stereocenters. The largest absolute Gasteiger partial charge is 0.453 e. The molecule has 4 atom stereocenters. The Morgan fingerprint density at radius 3 is 1.35 bits per heavy atom. The van der Waals surface area contributed by atoms with E-state index in [1.54, 1.807) is 9.80 Å². The molecule has 6 aliphatic carbocycles. The average molecular weight is 895 g/mol. The summed E-state index contributed by atoms with van der Waals surface area (Å²) in [4.78, 5) is 82.3. The highest BCUT2D eigenvalue weighted by molar-refractivity contribution is 6.00. The number of likely N-dealkylation sites (tertiary alicyclic amines) is 2. The number of alkyl carbamates (subject to hydrolysis) is 2. The quantitative estimate of drug-likeness (QED) is 0.117. The minimum absolute atomic E-state index is 0.0529. The molecule has 4 N–H and O–H groups in total. The molecule has 4 aromatic rings. The average Bonchev–Trinajstić information content (AvgIpc) is 4.25. The standard InChI is InChI=1S/C52H58N6O8/c1-65-51(63)55-45(35-21-22-35)49(61)57-25-5-11-43(57)47(59)53-39-9-3-7-37(29-39)41-27-31-13-17-33(41)19-15-32-14-18-34(20-16-31)42(28-32)38-8-4-10-40(30-38)54-48(60)44-12-6-26-58(44)50(62)46(36-23-24-36)56-52(64)66-2/h3-4,7-10,13-14,17-18,27-30,35-36,43-46H,5-6,11-12,15-16,19-26H2,1-2H3,(H,53,59)(H,54,60)(H,55,63)(H,56,64)/t43-,44-,45-,46?/m0/s1. The Morgan fingerprint density at radius 2 is 0.955 bits per heavy atom. The second kappa shape index (κ2) is 19.4. The van der Waals surface area contributed by atoms with Crippen molar-refractivity contribution in [2.75, 3.05) is 37.9 Å². The third-order valence-corrected chi connectivity index (χ3v) is 13.9. The van der Waals surface area contributed by atoms with Gasteiger partial charge in [-0.2, -0.15) is 0 Å². The monoisotopic (exact) mass is 894 g/mol. The molecular formula is C52H58N6O8. The number of rotatable bonds is 12. The Balaban J connectivity index is 0.878. The first-order chi connectivity index (χ1) is 32.1. The van der Waals surface area contributed by atoms with E-state index in [4.69, 9.17) is 9.47 Å². The van der Waals surface area contributed by atoms with Gasteiger partial charge in [-0.3, -0.25) is 19.2 Å². The summed E-state index contributed by atoms with van der Waals surface area (Å²) in [6, 6.07) is 26.5. The maximum Gasteiger partial charge on any atom is 0.407 e. The summed E-state index contributed by atoms with van der Waals surface area (Å²) < 4.78 is 9.56. The molecule has 2 heterocycles. The molecule has 66 heavy (non-hydrogen) atoms. The third-order valence-electron chi connectivity index (χ3n) is 13.9. The van der Waals surface area contributed by atoms with Crippen LogP contribution < -0.4 is 21.3 Å². The number of benzene rings is 4. The fraction of sp³-hybridized carbons (Fsp3) is 0.423. The fourth-order valence-corrected chi connectivity index (χ4v) is 10.0. The SMILES string of the molecule is COC(=O)NC(C(=O)N1CCC[C@H]1C(=O)Nc1cccc(-c2cc3ccc2CCc2ccc(c(-c4cccc(NC(=O)[C@@H]5CCCN5C(=O)[C@@H](NC(=O)OC)C5CC5)c4)c2)CC3)c1)C1CC1. The van der Waals surface area contributed by atoms with Gasteiger partial charge in [-0.05, 0) is 158 Å². The molecule has 4 bridgehead atoms. The van der Waals surface area contributed by atoms with Gasteiger partial charge < -0.3 is 40.5 Å². The number of ether oxygens (including phenoxy) is 2. The number of carbonyl (C=O) groups is 6. The van der Waals surface area contributed by atoms with E-state index in [1.807, 2.05) is 36.4 Å². The number of hydrogen-bond acceptors (Lipinski definition) is 8. The van der Waals surface area contributed by atoms with Gasteiger partial charge in [0.25, 0.3) is 0 Å². The highest BCUT2D eigenvalue weighted by Crippen LogP contribution is 2.37. The first kappa shape index (κ1) is 44.5. The van der Waals surface area contributed by atoms with Crippen molar-refractivity contribution >= 4 is 47.2 Å². The van der Waals surface area contributed by atoms with Crippen LogP contribution in [-0.4, -0.2) is 97.1 Å². The maximum absolute atomic E-state index is 13.8. The van der Waals surface area contributed by atoms with Crippen LogP contribution in [0.5, 0.6) is 0 Å². The first-order valence-electron chi connectivity index (χ1n) is 23.4. The van der Waals surface area contributed by atoms with Crippen LogP contribution in [0, 0.1) is 11.8 Å². The van der Waals surface area contributed by atoms with Crippen molar-refractivity contribution in [1.82, 2.24) is 20.4 Å². The second-order valence-corrected chi connectivity index (χ2v) is 18.4. The minimum Gasteiger partial charge on any atom is -0.453 e. The molecule has 2 saturated carbocycles. The number of nitrogens with zero attached hydrogens (tertiary/aromatic N) is 2. The smallest absolute Gasteiger partial charge is 0.407 e. The Hall–Kier alpha value is -6.70. The van der Waals surface area contributed by atoms with Gasteiger partial charge in [0.1, 0.15) is 24.2 Å². The van der Waals surface area contributed by atoms with Crippen molar-refractivity contribution in [1.29, 1.82) is 0 Å². The van der Waals surface area contributed by atoms with Crippen molar-refractivity contribution < 1.29 is 38.2 Å². The van der Waals surface area contributed by atoms with E-state index in [-0.39, 0.29) is 35.5 Å². The van der Waals surface area contributed by atoms with Crippen LogP contribution in [0.4, 0.5) is 21.0 Å². The summed E-state index contributed by atoms with van der Waals surface area (Å²) in [5.74, 6) is -0.849. The van der Waals surface area contributed by atoms with E-state index in [2.05, 4.69) is 69.8 Å². The van der Waals surface area contributed by atoms with Gasteiger partial charge >= 0.3 is 12.2 Å². The van der Waals surface area contributed by atoms with Crippen LogP contribution in [0.3, 0.4) is 0 Å². The fourth-order valence-electron chi connectivity index (χ4n) is 10.0. The Labute approximate surface area is 385 Å². The summed E-state index contributed by atoms with van der Waals surface area (Å²) in [6.45, 7) is 0.914. The zero-order valence-corrected chi connectivity index (χ0v) is 37.6. The van der Waals surface area contributed by atoms with Gasteiger partial charge in [-0.1, -0.05) is 60.7 Å². The molecule has 8 aliphatic rings. The van der Waals surface area contributed by atoms with Gasteiger partial charge in [-0.25, -0.2) is 9.59 Å². The Kier molecular flexibility index (Phi) is 13.1. The van der Waals surface area contributed by atoms with E-state index in [9.17, 15) is 28.8 Å². The lowest BCUT2D eigenvalue weighted by Gasteiger charge is -2.28. The molecule has 14 heteroatoms. The van der Waals surface area contributed by atoms with Crippen LogP contribution >= 0.6 is 0 Å². The molecule has 6 amide bonds. The number of amides is 6. The summed E-state index contributed by atoms with van der Waals surface area (Å²) in [5, 5.41) is 11.6. The molecule has 0 spiro atoms. The number of aryl methyl sites for hydroxylation is 4. The lowest BCUT2D eigenvalue weighted by molar-refractivity contribution is -0.138. The van der Waals surface area contributed by atoms with Crippen LogP contribution in [-0.2, 0) is 54.3 Å². The van der Waals surface area contributed by atoms with E-state index >= 15 is 0 Å². The van der Waals surface area contributed by atoms with Gasteiger partial charge in [0.15, 0.2) is 0 Å². The summed E-state index contributed by atoms with van der Waals surface area (Å²) in [7, 11) is 2.55. The van der Waals surface area contributed by atoms with Crippen LogP contribution in [0.25, 0.3) is 22.3 Å². The predicted molar refractivity (Wildman–Crippen MR) is 249 cm³/mol. The molecule has 4 aromatic carbocycles. The number of anilines is 2. The summed E-state index contributed by atoms with van der Waals surface area (Å²) in [5.41, 5.74) is 10.3. The summed E-state index contributed by atoms with van der Waals surface area (Å²) >= 11 is 0. The van der Waals surface area contributed by atoms with Gasteiger partial charge in [0, 0.05) is 24.5 Å². The summed E-state index contributed by atoms with van der Waals surface area (Å²) in [6.07, 6.45) is 7.76. The molecule has 2 aliphatic heterocycles. The number of carbonyl (C=O) groups excluding carboxylic acids is 6. The van der Waals surface area contributed by atoms with Crippen molar-refractivity contribution in [3.63, 3.8) is 0 Å². The van der Waals surface area contributed by atoms with Crippen LogP contribution in [0.1, 0.15) is 73.6 Å². The van der Waals surface area contributed by atoms with Gasteiger partial charge in [-0.15, -0.1) is 0 Å². The normalized spacial score (nSPS) is 19.8. The van der Waals surface area contributed by atoms with Crippen molar-refractivity contribution in [2.24, 2.45) is 11.8 Å². The van der Waals surface area contributed by atoms with Gasteiger partial charge in [0.05, 0.1) is 14.2 Å². The molecular weight excluding hydrogens is 837 g/mol. The van der Waals surface area contributed by atoms with Crippen LogP contribution in [0.15, 0.2) is 84.9 Å². The first-order valence-corrected chi connectivity index (χ1v) is 23.4. The molecule has 2 saturated heterocycles. The molecule has 0 radical (unpaired) electrons. The minimum atomic E-state index is -0.699. The molecule has 12 rings (SSSR count). The highest BCUT2D eigenvalue weighted by atomic mass is 16.5. The number of hydrogen-bond donors (Lipinski definition) is 4. The number of methoxy groups -OCH3 is 2. The maximum atomic E-state index is 13.8. The van der Waals surface area contributed by atoms with Crippen molar-refractivity contribution in [3.8, 4) is 22.3 Å². The topological polar surface area (TPSA) is 175 Å². The van der Waals surface area contributed by atoms with Crippen molar-refractivity contribution in [2.45, 2.75) is 101 Å². The molecule has 14 nitrogen and oxygen atoms in total. The lowest BCUT2D eigenvalue weighted by atomic mass is 9.87. The zero-order valence-electron chi connectivity index (χ0n) is 37.6. The Bertz CT molecular complexity index is 2360. The van der Waals surface area contributed by atoms with E-state index < -0.39 is 36.4 Å². The number of nitrogens with one attached hydrogen (secondary N) is 4. The molecule has 0 aromatic heterocycles. The molecule has 4 fully saturated rings. The lowest BCUT2D eigenvalue weighted by Crippen LogP contribution is -2.53. The molecule has 344 valence electrons. The Morgan fingerprint density at radius 1 is 0.530 bits per heavy atom. The van der Waals surface area contributed by atoms with E-state index in [1.165, 1.54) is 36.5 Å². The second-order valence-electron chi connectivity index (χ2n) is 18.4. The third kappa shape index (κ3) is 9.92. The van der Waals surface area contributed by atoms with Gasteiger partial charge in [0.2, 0.25) is 23.6 Å². The van der Waals surface area contributed by atoms with Crippen molar-refractivity contribution in [3.05, 3.63) is 107 Å². The van der Waals surface area contributed by atoms with E-state index in [0.717, 1.165) is 73.6 Å². The zero-order chi connectivity index (χ0) is 45.9.